The van der Waals surface area contributed by atoms with E-state index in [1.165, 1.54) is 15.4 Å². The number of fused-ring (bicyclic) bond motifs is 1. The number of ether oxygens (including phenoxy) is 1. The minimum absolute atomic E-state index is 0. The second kappa shape index (κ2) is 12.4. The molecule has 4 rings (SSSR count). The lowest BCUT2D eigenvalue weighted by Gasteiger charge is -2.36. The maximum Gasteiger partial charge on any atom is 0.254 e. The lowest BCUT2D eigenvalue weighted by atomic mass is 10.2. The van der Waals surface area contributed by atoms with Crippen LogP contribution in [0.5, 0.6) is 5.75 Å². The number of methoxy groups -OCH3 is 1. The van der Waals surface area contributed by atoms with Crippen molar-refractivity contribution in [3.8, 4) is 5.75 Å². The molecule has 1 aromatic heterocycles. The van der Waals surface area contributed by atoms with E-state index < -0.39 is 0 Å². The fraction of sp³-hybridized carbons (Fsp3) is 0.542. The van der Waals surface area contributed by atoms with E-state index >= 15 is 0 Å². The Hall–Kier alpha value is -1.80. The van der Waals surface area contributed by atoms with E-state index in [0.717, 1.165) is 82.8 Å². The summed E-state index contributed by atoms with van der Waals surface area (Å²) in [7, 11) is 1.74. The Bertz CT molecular complexity index is 868. The molecule has 0 atom stereocenters. The number of carbonyl (C=O) groups excluding carboxylic acids is 1. The molecule has 6 nitrogen and oxygen atoms in total. The standard InChI is InChI=1S/C24H33N3O2S.ClH.H2O/c1-19-18-20-23(30-19)10-7-13-27(24(20)28)12-6-5-11-25-14-16-26(17-15-25)21-8-3-4-9-22(21)29-2;;/h3-4,8-9,18H,5-7,10-17H2,1-2H3;1H;1H2. The van der Waals surface area contributed by atoms with Gasteiger partial charge in [0, 0.05) is 49.0 Å². The summed E-state index contributed by atoms with van der Waals surface area (Å²) < 4.78 is 5.52. The Morgan fingerprint density at radius 2 is 1.75 bits per heavy atom. The molecular weight excluding hydrogens is 446 g/mol. The maximum atomic E-state index is 12.9. The molecule has 1 aromatic carbocycles. The summed E-state index contributed by atoms with van der Waals surface area (Å²) >= 11 is 1.79. The van der Waals surface area contributed by atoms with Crippen molar-refractivity contribution in [2.75, 3.05) is 57.8 Å². The molecule has 2 aromatic rings. The third-order valence-corrected chi connectivity index (χ3v) is 7.34. The summed E-state index contributed by atoms with van der Waals surface area (Å²) in [4.78, 5) is 22.5. The minimum atomic E-state index is 0. The van der Waals surface area contributed by atoms with E-state index in [2.05, 4.69) is 39.8 Å². The first-order valence-corrected chi connectivity index (χ1v) is 12.0. The lowest BCUT2D eigenvalue weighted by Crippen LogP contribution is -2.46. The van der Waals surface area contributed by atoms with Crippen molar-refractivity contribution in [3.63, 3.8) is 0 Å². The fourth-order valence-corrected chi connectivity index (χ4v) is 5.65. The molecule has 1 fully saturated rings. The van der Waals surface area contributed by atoms with Gasteiger partial charge in [0.25, 0.3) is 5.91 Å². The molecule has 1 saturated heterocycles. The number of unbranched alkanes of at least 4 members (excludes halogenated alkanes) is 1. The largest absolute Gasteiger partial charge is 0.495 e. The molecule has 178 valence electrons. The third-order valence-electron chi connectivity index (χ3n) is 6.23. The smallest absolute Gasteiger partial charge is 0.254 e. The Morgan fingerprint density at radius 3 is 2.50 bits per heavy atom. The number of halogens is 1. The van der Waals surface area contributed by atoms with Crippen LogP contribution in [-0.2, 0) is 6.42 Å². The average molecular weight is 482 g/mol. The van der Waals surface area contributed by atoms with Crippen LogP contribution in [0.1, 0.15) is 39.4 Å². The van der Waals surface area contributed by atoms with Crippen molar-refractivity contribution in [1.29, 1.82) is 0 Å². The normalized spacial score (nSPS) is 16.6. The van der Waals surface area contributed by atoms with Crippen LogP contribution < -0.4 is 9.64 Å². The van der Waals surface area contributed by atoms with Crippen molar-refractivity contribution in [2.24, 2.45) is 0 Å². The van der Waals surface area contributed by atoms with Gasteiger partial charge in [-0.3, -0.25) is 9.69 Å². The number of rotatable bonds is 7. The zero-order chi connectivity index (χ0) is 20.9. The number of hydrogen-bond acceptors (Lipinski definition) is 5. The van der Waals surface area contributed by atoms with Crippen LogP contribution in [0.4, 0.5) is 5.69 Å². The molecule has 0 unspecified atom stereocenters. The van der Waals surface area contributed by atoms with Crippen LogP contribution in [0, 0.1) is 6.92 Å². The highest BCUT2D eigenvalue weighted by Crippen LogP contribution is 2.29. The number of piperazine rings is 1. The number of amides is 1. The number of hydrogen-bond donors (Lipinski definition) is 0. The number of anilines is 1. The van der Waals surface area contributed by atoms with Gasteiger partial charge in [-0.1, -0.05) is 12.1 Å². The van der Waals surface area contributed by atoms with Crippen LogP contribution in [-0.4, -0.2) is 74.1 Å². The zero-order valence-corrected chi connectivity index (χ0v) is 20.8. The highest BCUT2D eigenvalue weighted by molar-refractivity contribution is 7.12. The second-order valence-electron chi connectivity index (χ2n) is 8.30. The van der Waals surface area contributed by atoms with Crippen molar-refractivity contribution in [1.82, 2.24) is 9.80 Å². The van der Waals surface area contributed by atoms with E-state index in [0.29, 0.717) is 0 Å². The molecule has 1 amide bonds. The van der Waals surface area contributed by atoms with Crippen LogP contribution in [0.2, 0.25) is 0 Å². The molecular formula is C24H36ClN3O3S. The zero-order valence-electron chi connectivity index (χ0n) is 19.1. The van der Waals surface area contributed by atoms with Gasteiger partial charge in [-0.05, 0) is 57.4 Å². The molecule has 2 N–H and O–H groups in total. The molecule has 0 bridgehead atoms. The van der Waals surface area contributed by atoms with Crippen LogP contribution in [0.3, 0.4) is 0 Å². The number of carbonyl (C=O) groups is 1. The molecule has 2 aliphatic rings. The van der Waals surface area contributed by atoms with Crippen molar-refractivity contribution in [2.45, 2.75) is 32.6 Å². The summed E-state index contributed by atoms with van der Waals surface area (Å²) in [6.07, 6.45) is 4.36. The first-order valence-electron chi connectivity index (χ1n) is 11.1. The molecule has 2 aliphatic heterocycles. The highest BCUT2D eigenvalue weighted by atomic mass is 35.5. The molecule has 0 saturated carbocycles. The van der Waals surface area contributed by atoms with Crippen molar-refractivity contribution >= 4 is 35.3 Å². The van der Waals surface area contributed by atoms with Gasteiger partial charge in [-0.15, -0.1) is 23.7 Å². The number of thiophene rings is 1. The van der Waals surface area contributed by atoms with Gasteiger partial charge in [-0.2, -0.15) is 0 Å². The van der Waals surface area contributed by atoms with Gasteiger partial charge < -0.3 is 20.0 Å². The monoisotopic (exact) mass is 481 g/mol. The van der Waals surface area contributed by atoms with Gasteiger partial charge in [0.1, 0.15) is 5.75 Å². The summed E-state index contributed by atoms with van der Waals surface area (Å²) in [5.74, 6) is 1.20. The molecule has 0 aliphatic carbocycles. The number of aryl methyl sites for hydroxylation is 2. The first-order chi connectivity index (χ1) is 14.7. The van der Waals surface area contributed by atoms with Gasteiger partial charge in [0.15, 0.2) is 0 Å². The molecule has 0 spiro atoms. The Balaban J connectivity index is 0.00000181. The number of nitrogens with zero attached hydrogens (tertiary/aromatic N) is 3. The third kappa shape index (κ3) is 6.16. The number of benzene rings is 1. The molecule has 3 heterocycles. The lowest BCUT2D eigenvalue weighted by molar-refractivity contribution is 0.0756. The highest BCUT2D eigenvalue weighted by Gasteiger charge is 2.24. The second-order valence-corrected chi connectivity index (χ2v) is 9.64. The van der Waals surface area contributed by atoms with Gasteiger partial charge in [0.05, 0.1) is 18.4 Å². The SMILES string of the molecule is COc1ccccc1N1CCN(CCCCN2CCCc3sc(C)cc3C2=O)CC1.Cl.O. The van der Waals surface area contributed by atoms with Gasteiger partial charge in [-0.25, -0.2) is 0 Å². The van der Waals surface area contributed by atoms with Crippen LogP contribution in [0.15, 0.2) is 30.3 Å². The summed E-state index contributed by atoms with van der Waals surface area (Å²) in [6, 6.07) is 10.4. The van der Waals surface area contributed by atoms with Gasteiger partial charge >= 0.3 is 0 Å². The van der Waals surface area contributed by atoms with Crippen LogP contribution in [0.25, 0.3) is 0 Å². The first kappa shape index (κ1) is 26.5. The molecule has 0 radical (unpaired) electrons. The van der Waals surface area contributed by atoms with Crippen molar-refractivity contribution < 1.29 is 15.0 Å². The summed E-state index contributed by atoms with van der Waals surface area (Å²) in [5.41, 5.74) is 2.16. The molecule has 8 heteroatoms. The topological polar surface area (TPSA) is 67.5 Å². The van der Waals surface area contributed by atoms with E-state index in [1.54, 1.807) is 18.4 Å². The quantitative estimate of drug-likeness (QED) is 0.566. The predicted octanol–water partition coefficient (Wildman–Crippen LogP) is 3.65. The summed E-state index contributed by atoms with van der Waals surface area (Å²) in [5, 5.41) is 0. The summed E-state index contributed by atoms with van der Waals surface area (Å²) in [6.45, 7) is 9.23. The molecule has 32 heavy (non-hydrogen) atoms. The average Bonchev–Trinajstić information content (AvgIpc) is 3.09. The Kier molecular flexibility index (Phi) is 10.3. The van der Waals surface area contributed by atoms with E-state index in [4.69, 9.17) is 4.74 Å². The van der Waals surface area contributed by atoms with E-state index in [-0.39, 0.29) is 23.8 Å². The van der Waals surface area contributed by atoms with E-state index in [9.17, 15) is 4.79 Å². The maximum absolute atomic E-state index is 12.9. The van der Waals surface area contributed by atoms with Gasteiger partial charge in [0.2, 0.25) is 0 Å². The predicted molar refractivity (Wildman–Crippen MR) is 135 cm³/mol. The van der Waals surface area contributed by atoms with Crippen molar-refractivity contribution in [3.05, 3.63) is 45.6 Å². The number of para-hydroxylation sites is 2. The van der Waals surface area contributed by atoms with Crippen LogP contribution >= 0.6 is 23.7 Å². The minimum Gasteiger partial charge on any atom is -0.495 e. The Labute approximate surface area is 201 Å². The Morgan fingerprint density at radius 1 is 1.03 bits per heavy atom. The fourth-order valence-electron chi connectivity index (χ4n) is 4.59. The van der Waals surface area contributed by atoms with E-state index in [1.807, 2.05) is 12.1 Å².